The molecule has 1 fully saturated rings. The quantitative estimate of drug-likeness (QED) is 0.837. The molecular formula is C12H14N4O4S. The van der Waals surface area contributed by atoms with E-state index in [2.05, 4.69) is 10.1 Å². The Bertz CT molecular complexity index is 713. The first-order chi connectivity index (χ1) is 10.1. The Morgan fingerprint density at radius 3 is 3.24 bits per heavy atom. The van der Waals surface area contributed by atoms with Gasteiger partial charge in [0.25, 0.3) is 5.56 Å². The van der Waals surface area contributed by atoms with Gasteiger partial charge in [-0.2, -0.15) is 9.61 Å². The molecule has 0 radical (unpaired) electrons. The minimum Gasteiger partial charge on any atom is -0.481 e. The van der Waals surface area contributed by atoms with Crippen LogP contribution in [0.1, 0.15) is 12.1 Å². The molecule has 9 heteroatoms. The molecule has 21 heavy (non-hydrogen) atoms. The third-order valence-corrected chi connectivity index (χ3v) is 4.04. The minimum absolute atomic E-state index is 0.0157. The van der Waals surface area contributed by atoms with Crippen molar-refractivity contribution in [3.8, 4) is 0 Å². The molecule has 2 aromatic heterocycles. The second-order valence-corrected chi connectivity index (χ2v) is 5.63. The van der Waals surface area contributed by atoms with Crippen molar-refractivity contribution in [1.29, 1.82) is 0 Å². The van der Waals surface area contributed by atoms with E-state index in [9.17, 15) is 9.59 Å². The van der Waals surface area contributed by atoms with Crippen LogP contribution in [0.4, 0.5) is 0 Å². The molecule has 0 saturated carbocycles. The Balaban J connectivity index is 1.82. The Labute approximate surface area is 123 Å². The average molecular weight is 310 g/mol. The lowest BCUT2D eigenvalue weighted by Crippen LogP contribution is -2.46. The summed E-state index contributed by atoms with van der Waals surface area (Å²) < 4.78 is 6.59. The second kappa shape index (κ2) is 5.88. The number of rotatable bonds is 4. The summed E-state index contributed by atoms with van der Waals surface area (Å²) in [6.45, 7) is 2.00. The largest absolute Gasteiger partial charge is 0.481 e. The topological polar surface area (TPSA) is 97.0 Å². The molecule has 0 aromatic carbocycles. The van der Waals surface area contributed by atoms with Gasteiger partial charge in [-0.05, 0) is 0 Å². The van der Waals surface area contributed by atoms with Crippen LogP contribution >= 0.6 is 11.3 Å². The van der Waals surface area contributed by atoms with Gasteiger partial charge in [-0.1, -0.05) is 11.3 Å². The Morgan fingerprint density at radius 2 is 2.43 bits per heavy atom. The smallest absolute Gasteiger partial charge is 0.305 e. The highest BCUT2D eigenvalue weighted by molar-refractivity contribution is 7.14. The molecule has 0 amide bonds. The minimum atomic E-state index is -0.860. The van der Waals surface area contributed by atoms with Gasteiger partial charge in [0.2, 0.25) is 4.96 Å². The summed E-state index contributed by atoms with van der Waals surface area (Å²) in [6.07, 6.45) is 0.0157. The van der Waals surface area contributed by atoms with E-state index in [0.29, 0.717) is 37.0 Å². The zero-order chi connectivity index (χ0) is 14.8. The van der Waals surface area contributed by atoms with Crippen LogP contribution in [0.3, 0.4) is 0 Å². The molecular weight excluding hydrogens is 296 g/mol. The lowest BCUT2D eigenvalue weighted by molar-refractivity contribution is -0.140. The van der Waals surface area contributed by atoms with Crippen molar-refractivity contribution in [2.24, 2.45) is 0 Å². The van der Waals surface area contributed by atoms with E-state index in [1.807, 2.05) is 4.90 Å². The van der Waals surface area contributed by atoms with Crippen LogP contribution in [-0.4, -0.2) is 56.4 Å². The van der Waals surface area contributed by atoms with Crippen molar-refractivity contribution in [3.05, 3.63) is 27.6 Å². The van der Waals surface area contributed by atoms with Gasteiger partial charge < -0.3 is 9.84 Å². The summed E-state index contributed by atoms with van der Waals surface area (Å²) in [5.41, 5.74) is 1.97. The molecule has 1 saturated heterocycles. The standard InChI is InChI=1S/C12H14N4O4S/c17-10-3-8(14-12-16(10)13-7-21-12)5-15-1-2-20-6-9(15)4-11(18)19/h3,7,9H,1-2,4-6H2,(H,18,19). The summed E-state index contributed by atoms with van der Waals surface area (Å²) >= 11 is 1.29. The first-order valence-corrected chi connectivity index (χ1v) is 7.37. The SMILES string of the molecule is O=C(O)CC1COCCN1Cc1cc(=O)n2ncsc2n1. The van der Waals surface area contributed by atoms with Crippen molar-refractivity contribution in [3.63, 3.8) is 0 Å². The molecule has 0 aliphatic carbocycles. The molecule has 1 atom stereocenters. The van der Waals surface area contributed by atoms with E-state index in [0.717, 1.165) is 0 Å². The fourth-order valence-corrected chi connectivity index (χ4v) is 3.02. The number of carboxylic acids is 1. The van der Waals surface area contributed by atoms with E-state index < -0.39 is 5.97 Å². The van der Waals surface area contributed by atoms with Crippen LogP contribution in [0.2, 0.25) is 0 Å². The lowest BCUT2D eigenvalue weighted by atomic mass is 10.1. The van der Waals surface area contributed by atoms with Gasteiger partial charge >= 0.3 is 5.97 Å². The van der Waals surface area contributed by atoms with Crippen molar-refractivity contribution in [1.82, 2.24) is 19.5 Å². The number of hydrogen-bond acceptors (Lipinski definition) is 7. The van der Waals surface area contributed by atoms with Crippen LogP contribution < -0.4 is 5.56 Å². The molecule has 3 heterocycles. The maximum atomic E-state index is 11.9. The van der Waals surface area contributed by atoms with E-state index in [1.165, 1.54) is 21.9 Å². The van der Waals surface area contributed by atoms with Gasteiger partial charge in [0, 0.05) is 25.2 Å². The maximum Gasteiger partial charge on any atom is 0.305 e. The highest BCUT2D eigenvalue weighted by Crippen LogP contribution is 2.14. The van der Waals surface area contributed by atoms with Gasteiger partial charge in [0.05, 0.1) is 25.3 Å². The number of nitrogens with zero attached hydrogens (tertiary/aromatic N) is 4. The van der Waals surface area contributed by atoms with Gasteiger partial charge in [-0.15, -0.1) is 0 Å². The average Bonchev–Trinajstić information content (AvgIpc) is 2.89. The fraction of sp³-hybridized carbons (Fsp3) is 0.500. The molecule has 1 aliphatic rings. The van der Waals surface area contributed by atoms with E-state index in [-0.39, 0.29) is 18.0 Å². The van der Waals surface area contributed by atoms with Gasteiger partial charge in [0.1, 0.15) is 5.51 Å². The van der Waals surface area contributed by atoms with Crippen LogP contribution in [0.15, 0.2) is 16.4 Å². The number of morpholine rings is 1. The molecule has 112 valence electrons. The first-order valence-electron chi connectivity index (χ1n) is 6.49. The van der Waals surface area contributed by atoms with Crippen LogP contribution in [0.5, 0.6) is 0 Å². The predicted octanol–water partition coefficient (Wildman–Crippen LogP) is -0.173. The number of fused-ring (bicyclic) bond motifs is 1. The molecule has 0 bridgehead atoms. The number of carbonyl (C=O) groups is 1. The second-order valence-electron chi connectivity index (χ2n) is 4.82. The van der Waals surface area contributed by atoms with Crippen molar-refractivity contribution in [2.45, 2.75) is 19.0 Å². The van der Waals surface area contributed by atoms with Crippen molar-refractivity contribution in [2.75, 3.05) is 19.8 Å². The number of hydrogen-bond donors (Lipinski definition) is 1. The van der Waals surface area contributed by atoms with E-state index >= 15 is 0 Å². The summed E-state index contributed by atoms with van der Waals surface area (Å²) in [5, 5.41) is 12.9. The molecule has 1 aliphatic heterocycles. The molecule has 8 nitrogen and oxygen atoms in total. The van der Waals surface area contributed by atoms with Crippen LogP contribution in [0, 0.1) is 0 Å². The lowest BCUT2D eigenvalue weighted by Gasteiger charge is -2.34. The summed E-state index contributed by atoms with van der Waals surface area (Å²) in [6, 6.07) is 1.25. The third-order valence-electron chi connectivity index (χ3n) is 3.36. The normalized spacial score (nSPS) is 19.9. The molecule has 3 rings (SSSR count). The summed E-state index contributed by atoms with van der Waals surface area (Å²) in [4.78, 5) is 29.7. The summed E-state index contributed by atoms with van der Waals surface area (Å²) in [7, 11) is 0. The number of aromatic nitrogens is 3. The van der Waals surface area contributed by atoms with E-state index in [1.54, 1.807) is 5.51 Å². The number of aliphatic carboxylic acids is 1. The zero-order valence-electron chi connectivity index (χ0n) is 11.1. The molecule has 1 unspecified atom stereocenters. The number of carboxylic acid groups (broad SMARTS) is 1. The Kier molecular flexibility index (Phi) is 3.95. The number of ether oxygens (including phenoxy) is 1. The van der Waals surface area contributed by atoms with Gasteiger partial charge in [0.15, 0.2) is 0 Å². The summed E-state index contributed by atoms with van der Waals surface area (Å²) in [5.74, 6) is -0.860. The van der Waals surface area contributed by atoms with Gasteiger partial charge in [-0.25, -0.2) is 4.98 Å². The third kappa shape index (κ3) is 3.09. The van der Waals surface area contributed by atoms with E-state index in [4.69, 9.17) is 9.84 Å². The molecule has 0 spiro atoms. The highest BCUT2D eigenvalue weighted by atomic mass is 32.1. The maximum absolute atomic E-state index is 11.9. The monoisotopic (exact) mass is 310 g/mol. The van der Waals surface area contributed by atoms with Crippen LogP contribution in [0.25, 0.3) is 4.96 Å². The first kappa shape index (κ1) is 14.1. The zero-order valence-corrected chi connectivity index (χ0v) is 12.0. The van der Waals surface area contributed by atoms with Crippen LogP contribution in [-0.2, 0) is 16.1 Å². The predicted molar refractivity (Wildman–Crippen MR) is 74.4 cm³/mol. The Morgan fingerprint density at radius 1 is 1.57 bits per heavy atom. The van der Waals surface area contributed by atoms with Gasteiger partial charge in [-0.3, -0.25) is 14.5 Å². The molecule has 1 N–H and O–H groups in total. The highest BCUT2D eigenvalue weighted by Gasteiger charge is 2.25. The van der Waals surface area contributed by atoms with Crippen molar-refractivity contribution < 1.29 is 14.6 Å². The van der Waals surface area contributed by atoms with Crippen molar-refractivity contribution >= 4 is 22.3 Å². The molecule has 2 aromatic rings. The Hall–Kier alpha value is -1.84. The fourth-order valence-electron chi connectivity index (χ4n) is 2.38.